The van der Waals surface area contributed by atoms with E-state index in [9.17, 15) is 9.59 Å². The Morgan fingerprint density at radius 1 is 1.36 bits per heavy atom. The molecule has 1 unspecified atom stereocenters. The highest BCUT2D eigenvalue weighted by molar-refractivity contribution is 6.30. The molecule has 0 saturated carbocycles. The number of guanidine groups is 1. The third-order valence-electron chi connectivity index (χ3n) is 4.71. The summed E-state index contributed by atoms with van der Waals surface area (Å²) in [6.07, 6.45) is 5.89. The van der Waals surface area contributed by atoms with E-state index in [0.717, 1.165) is 25.9 Å². The van der Waals surface area contributed by atoms with E-state index in [1.54, 1.807) is 40.3 Å². The maximum atomic E-state index is 12.6. The molecule has 0 aliphatic carbocycles. The van der Waals surface area contributed by atoms with Crippen LogP contribution in [0.1, 0.15) is 19.3 Å². The van der Waals surface area contributed by atoms with E-state index in [2.05, 4.69) is 15.3 Å². The van der Waals surface area contributed by atoms with E-state index in [0.29, 0.717) is 23.7 Å². The summed E-state index contributed by atoms with van der Waals surface area (Å²) in [5.41, 5.74) is 0.540. The molecule has 0 aromatic heterocycles. The highest BCUT2D eigenvalue weighted by Crippen LogP contribution is 2.19. The van der Waals surface area contributed by atoms with Crippen LogP contribution in [0.15, 0.2) is 34.3 Å². The largest absolute Gasteiger partial charge is 0.341 e. The lowest BCUT2D eigenvalue weighted by atomic mass is 10.1. The van der Waals surface area contributed by atoms with Crippen molar-refractivity contribution < 1.29 is 9.59 Å². The second kappa shape index (κ2) is 9.33. The second-order valence-electron chi connectivity index (χ2n) is 6.67. The lowest BCUT2D eigenvalue weighted by Gasteiger charge is -2.20. The van der Waals surface area contributed by atoms with Crippen molar-refractivity contribution in [2.75, 3.05) is 26.2 Å². The molecule has 2 aliphatic heterocycles. The summed E-state index contributed by atoms with van der Waals surface area (Å²) in [5, 5.41) is 11.8. The van der Waals surface area contributed by atoms with Crippen LogP contribution in [0.2, 0.25) is 5.02 Å². The van der Waals surface area contributed by atoms with Crippen LogP contribution in [0.3, 0.4) is 0 Å². The number of hydrogen-bond donors (Lipinski definition) is 1. The van der Waals surface area contributed by atoms with Gasteiger partial charge in [0.25, 0.3) is 0 Å². The van der Waals surface area contributed by atoms with Crippen molar-refractivity contribution in [3.05, 3.63) is 29.3 Å². The number of hydrogen-bond acceptors (Lipinski definition) is 4. The molecule has 1 atom stereocenters. The Hall–Kier alpha value is -2.92. The second-order valence-corrected chi connectivity index (χ2v) is 7.11. The number of nitrogens with zero attached hydrogens (tertiary/aromatic N) is 5. The molecule has 1 aromatic rings. The standard InChI is InChI=1S/C19H21ClN6O2/c20-15-4-3-5-16(10-15)24-19(23-13-21)22-11-14-6-9-26(18(14)28)12-17(27)25-7-1-2-8-25/h3-5,10-11,14H,1-2,6-9,12H2,(H,23,24)/b22-11-. The molecule has 2 heterocycles. The number of carbonyl (C=O) groups is 2. The first-order valence-electron chi connectivity index (χ1n) is 9.17. The van der Waals surface area contributed by atoms with Gasteiger partial charge in [-0.1, -0.05) is 17.7 Å². The Morgan fingerprint density at radius 3 is 2.86 bits per heavy atom. The summed E-state index contributed by atoms with van der Waals surface area (Å²) >= 11 is 5.94. The molecule has 2 fully saturated rings. The molecular formula is C19H21ClN6O2. The molecule has 28 heavy (non-hydrogen) atoms. The van der Waals surface area contributed by atoms with E-state index in [-0.39, 0.29) is 24.3 Å². The van der Waals surface area contributed by atoms with Gasteiger partial charge in [0.2, 0.25) is 17.8 Å². The Morgan fingerprint density at radius 2 is 2.14 bits per heavy atom. The average Bonchev–Trinajstić information content (AvgIpc) is 3.31. The molecule has 9 heteroatoms. The van der Waals surface area contributed by atoms with Gasteiger partial charge in [0.05, 0.1) is 18.2 Å². The number of nitrogens with one attached hydrogen (secondary N) is 1. The fraction of sp³-hybridized carbons (Fsp3) is 0.421. The van der Waals surface area contributed by atoms with Crippen LogP contribution >= 0.6 is 11.6 Å². The number of benzene rings is 1. The third-order valence-corrected chi connectivity index (χ3v) is 4.95. The van der Waals surface area contributed by atoms with Crippen LogP contribution in [-0.2, 0) is 9.59 Å². The third kappa shape index (κ3) is 5.08. The maximum absolute atomic E-state index is 12.6. The maximum Gasteiger partial charge on any atom is 0.242 e. The Bertz CT molecular complexity index is 841. The fourth-order valence-corrected chi connectivity index (χ4v) is 3.44. The first-order chi connectivity index (χ1) is 13.6. The van der Waals surface area contributed by atoms with Gasteiger partial charge in [0.15, 0.2) is 6.19 Å². The van der Waals surface area contributed by atoms with Crippen molar-refractivity contribution in [2.24, 2.45) is 15.9 Å². The monoisotopic (exact) mass is 400 g/mol. The van der Waals surface area contributed by atoms with Crippen LogP contribution in [0.5, 0.6) is 0 Å². The van der Waals surface area contributed by atoms with Crippen molar-refractivity contribution in [1.29, 1.82) is 5.26 Å². The summed E-state index contributed by atoms with van der Waals surface area (Å²) in [6.45, 7) is 2.18. The minimum atomic E-state index is -0.434. The van der Waals surface area contributed by atoms with Crippen molar-refractivity contribution in [2.45, 2.75) is 19.3 Å². The Balaban J connectivity index is 1.63. The van der Waals surface area contributed by atoms with Crippen molar-refractivity contribution in [3.63, 3.8) is 0 Å². The van der Waals surface area contributed by atoms with Crippen LogP contribution < -0.4 is 5.32 Å². The molecule has 2 amide bonds. The van der Waals surface area contributed by atoms with Gasteiger partial charge in [-0.3, -0.25) is 14.9 Å². The van der Waals surface area contributed by atoms with Gasteiger partial charge < -0.3 is 9.80 Å². The number of nitriles is 1. The minimum Gasteiger partial charge on any atom is -0.341 e. The minimum absolute atomic E-state index is 0.00204. The first-order valence-corrected chi connectivity index (χ1v) is 9.55. The summed E-state index contributed by atoms with van der Waals surface area (Å²) in [6, 6.07) is 6.83. The summed E-state index contributed by atoms with van der Waals surface area (Å²) in [4.78, 5) is 36.6. The van der Waals surface area contributed by atoms with Gasteiger partial charge in [-0.2, -0.15) is 5.26 Å². The Labute approximate surface area is 168 Å². The van der Waals surface area contributed by atoms with Gasteiger partial charge in [-0.25, -0.2) is 9.98 Å². The molecule has 1 aromatic carbocycles. The molecule has 3 rings (SSSR count). The number of aliphatic imine (C=N–C) groups is 2. The summed E-state index contributed by atoms with van der Waals surface area (Å²) < 4.78 is 0. The van der Waals surface area contributed by atoms with Crippen molar-refractivity contribution in [1.82, 2.24) is 15.1 Å². The van der Waals surface area contributed by atoms with E-state index < -0.39 is 5.92 Å². The zero-order valence-corrected chi connectivity index (χ0v) is 16.1. The molecule has 0 radical (unpaired) electrons. The SMILES string of the molecule is N#CNC(=Nc1cccc(Cl)c1)/N=C\C1CCN(CC(=O)N2CCCC2)C1=O. The predicted molar refractivity (Wildman–Crippen MR) is 106 cm³/mol. The molecule has 0 bridgehead atoms. The molecule has 8 nitrogen and oxygen atoms in total. The number of carbonyl (C=O) groups excluding carboxylic acids is 2. The van der Waals surface area contributed by atoms with Crippen LogP contribution in [0.25, 0.3) is 0 Å². The number of likely N-dealkylation sites (tertiary alicyclic amines) is 2. The van der Waals surface area contributed by atoms with E-state index in [4.69, 9.17) is 16.9 Å². The first kappa shape index (κ1) is 19.8. The number of rotatable bonds is 4. The van der Waals surface area contributed by atoms with Crippen molar-refractivity contribution in [3.8, 4) is 6.19 Å². The fourth-order valence-electron chi connectivity index (χ4n) is 3.26. The zero-order valence-electron chi connectivity index (χ0n) is 15.3. The van der Waals surface area contributed by atoms with Gasteiger partial charge >= 0.3 is 0 Å². The van der Waals surface area contributed by atoms with Crippen LogP contribution in [-0.4, -0.2) is 60.0 Å². The predicted octanol–water partition coefficient (Wildman–Crippen LogP) is 1.94. The van der Waals surface area contributed by atoms with Gasteiger partial charge in [-0.05, 0) is 37.5 Å². The quantitative estimate of drug-likeness (QED) is 0.361. The van der Waals surface area contributed by atoms with E-state index in [1.807, 2.05) is 0 Å². The molecule has 1 N–H and O–H groups in total. The number of amides is 2. The molecule has 2 saturated heterocycles. The Kier molecular flexibility index (Phi) is 6.61. The van der Waals surface area contributed by atoms with Crippen LogP contribution in [0.4, 0.5) is 5.69 Å². The van der Waals surface area contributed by atoms with E-state index in [1.165, 1.54) is 6.21 Å². The highest BCUT2D eigenvalue weighted by Gasteiger charge is 2.33. The smallest absolute Gasteiger partial charge is 0.242 e. The van der Waals surface area contributed by atoms with Gasteiger partial charge in [0.1, 0.15) is 0 Å². The van der Waals surface area contributed by atoms with Gasteiger partial charge in [0, 0.05) is 30.9 Å². The average molecular weight is 401 g/mol. The normalized spacial score (nSPS) is 20.1. The zero-order chi connectivity index (χ0) is 19.9. The lowest BCUT2D eigenvalue weighted by molar-refractivity contribution is -0.138. The molecule has 0 spiro atoms. The molecule has 146 valence electrons. The summed E-state index contributed by atoms with van der Waals surface area (Å²) in [5.74, 6) is -0.492. The van der Waals surface area contributed by atoms with E-state index >= 15 is 0 Å². The molecule has 2 aliphatic rings. The van der Waals surface area contributed by atoms with Crippen LogP contribution in [0, 0.1) is 17.4 Å². The molecular weight excluding hydrogens is 380 g/mol. The van der Waals surface area contributed by atoms with Gasteiger partial charge in [-0.15, -0.1) is 0 Å². The summed E-state index contributed by atoms with van der Waals surface area (Å²) in [7, 11) is 0. The highest BCUT2D eigenvalue weighted by atomic mass is 35.5. The van der Waals surface area contributed by atoms with Crippen molar-refractivity contribution >= 4 is 41.3 Å². The lowest BCUT2D eigenvalue weighted by Crippen LogP contribution is -2.40. The topological polar surface area (TPSA) is 101 Å². The number of halogens is 1.